The predicted molar refractivity (Wildman–Crippen MR) is 115 cm³/mol. The van der Waals surface area contributed by atoms with Crippen molar-refractivity contribution in [2.75, 3.05) is 17.7 Å². The van der Waals surface area contributed by atoms with Crippen molar-refractivity contribution >= 4 is 27.6 Å². The van der Waals surface area contributed by atoms with Crippen molar-refractivity contribution in [2.24, 2.45) is 0 Å². The summed E-state index contributed by atoms with van der Waals surface area (Å²) in [6.07, 6.45) is 1.47. The normalized spacial score (nSPS) is 16.8. The van der Waals surface area contributed by atoms with E-state index >= 15 is 0 Å². The second-order valence-corrected chi connectivity index (χ2v) is 9.38. The van der Waals surface area contributed by atoms with E-state index in [-0.39, 0.29) is 18.5 Å². The number of carbonyl (C=O) groups is 2. The Labute approximate surface area is 177 Å². The number of nitrogens with one attached hydrogen (secondary N) is 1. The molecule has 0 saturated heterocycles. The Bertz CT molecular complexity index is 1030. The van der Waals surface area contributed by atoms with Crippen LogP contribution in [0.1, 0.15) is 35.3 Å². The molecule has 1 amide bonds. The lowest BCUT2D eigenvalue weighted by molar-refractivity contribution is -0.126. The van der Waals surface area contributed by atoms with Gasteiger partial charge in [0.2, 0.25) is 10.0 Å². The molecule has 0 radical (unpaired) electrons. The average Bonchev–Trinajstić information content (AvgIpc) is 3.02. The van der Waals surface area contributed by atoms with Gasteiger partial charge in [-0.2, -0.15) is 0 Å². The first-order valence-corrected chi connectivity index (χ1v) is 11.7. The molecule has 2 atom stereocenters. The molecule has 2 aromatic rings. The number of fused-ring (bicyclic) bond motifs is 1. The molecule has 1 N–H and O–H groups in total. The molecule has 0 spiro atoms. The SMILES string of the molecule is C[C@@H](OC(=O)c1ccc(CCNS(C)(=O)=O)cc1)C(=O)N1c2ccccc2C[C@@H]1C. The summed E-state index contributed by atoms with van der Waals surface area (Å²) in [7, 11) is -3.23. The molecule has 1 aliphatic rings. The molecule has 0 saturated carbocycles. The summed E-state index contributed by atoms with van der Waals surface area (Å²) < 4.78 is 30.0. The molecule has 7 nitrogen and oxygen atoms in total. The van der Waals surface area contributed by atoms with Crippen molar-refractivity contribution in [1.29, 1.82) is 0 Å². The van der Waals surface area contributed by atoms with Gasteiger partial charge in [-0.1, -0.05) is 30.3 Å². The summed E-state index contributed by atoms with van der Waals surface area (Å²) in [5.41, 5.74) is 3.20. The number of sulfonamides is 1. The van der Waals surface area contributed by atoms with Gasteiger partial charge in [0, 0.05) is 18.3 Å². The van der Waals surface area contributed by atoms with E-state index in [9.17, 15) is 18.0 Å². The largest absolute Gasteiger partial charge is 0.449 e. The van der Waals surface area contributed by atoms with E-state index in [2.05, 4.69) is 4.72 Å². The van der Waals surface area contributed by atoms with Crippen LogP contribution in [0.15, 0.2) is 48.5 Å². The first kappa shape index (κ1) is 22.0. The number of esters is 1. The van der Waals surface area contributed by atoms with E-state index in [1.54, 1.807) is 36.1 Å². The maximum absolute atomic E-state index is 12.9. The molecule has 2 aromatic carbocycles. The number of rotatable bonds is 7. The van der Waals surface area contributed by atoms with Gasteiger partial charge in [-0.15, -0.1) is 0 Å². The molecule has 0 unspecified atom stereocenters. The van der Waals surface area contributed by atoms with Crippen molar-refractivity contribution in [2.45, 2.75) is 38.8 Å². The number of benzene rings is 2. The van der Waals surface area contributed by atoms with Crippen molar-refractivity contribution in [3.05, 3.63) is 65.2 Å². The molecular formula is C22H26N2O5S. The maximum Gasteiger partial charge on any atom is 0.338 e. The number of ether oxygens (including phenoxy) is 1. The minimum absolute atomic E-state index is 0.0101. The number of anilines is 1. The highest BCUT2D eigenvalue weighted by molar-refractivity contribution is 7.88. The van der Waals surface area contributed by atoms with E-state index in [1.807, 2.05) is 31.2 Å². The van der Waals surface area contributed by atoms with E-state index < -0.39 is 22.1 Å². The molecule has 0 fully saturated rings. The van der Waals surface area contributed by atoms with Gasteiger partial charge in [0.25, 0.3) is 5.91 Å². The van der Waals surface area contributed by atoms with Gasteiger partial charge >= 0.3 is 5.97 Å². The van der Waals surface area contributed by atoms with Crippen LogP contribution in [-0.2, 0) is 32.4 Å². The summed E-state index contributed by atoms with van der Waals surface area (Å²) in [6.45, 7) is 3.84. The molecule has 0 aliphatic carbocycles. The third-order valence-corrected chi connectivity index (χ3v) is 5.77. The second-order valence-electron chi connectivity index (χ2n) is 7.55. The molecule has 160 valence electrons. The third-order valence-electron chi connectivity index (χ3n) is 5.04. The lowest BCUT2D eigenvalue weighted by Crippen LogP contribution is -2.43. The van der Waals surface area contributed by atoms with Gasteiger partial charge in [0.1, 0.15) is 0 Å². The first-order valence-electron chi connectivity index (χ1n) is 9.81. The van der Waals surface area contributed by atoms with Crippen LogP contribution >= 0.6 is 0 Å². The topological polar surface area (TPSA) is 92.8 Å². The van der Waals surface area contributed by atoms with E-state index in [4.69, 9.17) is 4.74 Å². The number of hydrogen-bond donors (Lipinski definition) is 1. The minimum Gasteiger partial charge on any atom is -0.449 e. The van der Waals surface area contributed by atoms with Crippen molar-refractivity contribution in [3.63, 3.8) is 0 Å². The van der Waals surface area contributed by atoms with Gasteiger partial charge in [-0.3, -0.25) is 4.79 Å². The molecule has 8 heteroatoms. The monoisotopic (exact) mass is 430 g/mol. The minimum atomic E-state index is -3.23. The number of hydrogen-bond acceptors (Lipinski definition) is 5. The molecule has 0 aromatic heterocycles. The zero-order valence-electron chi connectivity index (χ0n) is 17.3. The number of para-hydroxylation sites is 1. The van der Waals surface area contributed by atoms with Crippen LogP contribution < -0.4 is 9.62 Å². The van der Waals surface area contributed by atoms with Gasteiger partial charge in [-0.05, 0) is 56.0 Å². The van der Waals surface area contributed by atoms with Gasteiger partial charge in [-0.25, -0.2) is 17.9 Å². The van der Waals surface area contributed by atoms with Crippen LogP contribution in [0.4, 0.5) is 5.69 Å². The number of carbonyl (C=O) groups excluding carboxylic acids is 2. The molecule has 1 heterocycles. The van der Waals surface area contributed by atoms with Crippen molar-refractivity contribution < 1.29 is 22.7 Å². The summed E-state index contributed by atoms with van der Waals surface area (Å²) >= 11 is 0. The zero-order valence-corrected chi connectivity index (χ0v) is 18.1. The van der Waals surface area contributed by atoms with Crippen molar-refractivity contribution in [3.8, 4) is 0 Å². The Hall–Kier alpha value is -2.71. The fraction of sp³-hybridized carbons (Fsp3) is 0.364. The third kappa shape index (κ3) is 5.25. The van der Waals surface area contributed by atoms with E-state index in [1.165, 1.54) is 0 Å². The smallest absolute Gasteiger partial charge is 0.338 e. The Balaban J connectivity index is 1.59. The highest BCUT2D eigenvalue weighted by Crippen LogP contribution is 2.32. The Morgan fingerprint density at radius 1 is 1.17 bits per heavy atom. The standard InChI is InChI=1S/C22H26N2O5S/c1-15-14-19-6-4-5-7-20(19)24(15)21(25)16(2)29-22(26)18-10-8-17(9-11-18)12-13-23-30(3,27)28/h4-11,15-16,23H,12-14H2,1-3H3/t15-,16+/m0/s1. The van der Waals surface area contributed by atoms with E-state index in [0.717, 1.165) is 29.5 Å². The van der Waals surface area contributed by atoms with E-state index in [0.29, 0.717) is 12.0 Å². The van der Waals surface area contributed by atoms with Crippen LogP contribution in [0.5, 0.6) is 0 Å². The molecule has 3 rings (SSSR count). The number of amides is 1. The molecular weight excluding hydrogens is 404 g/mol. The number of nitrogens with zero attached hydrogens (tertiary/aromatic N) is 1. The highest BCUT2D eigenvalue weighted by Gasteiger charge is 2.34. The molecule has 0 bridgehead atoms. The van der Waals surface area contributed by atoms with Crippen molar-refractivity contribution in [1.82, 2.24) is 4.72 Å². The molecule has 30 heavy (non-hydrogen) atoms. The second kappa shape index (κ2) is 8.97. The Kier molecular flexibility index (Phi) is 6.58. The summed E-state index contributed by atoms with van der Waals surface area (Å²) in [5, 5.41) is 0. The lowest BCUT2D eigenvalue weighted by Gasteiger charge is -2.26. The fourth-order valence-electron chi connectivity index (χ4n) is 3.56. The van der Waals surface area contributed by atoms with Gasteiger partial charge in [0.15, 0.2) is 6.10 Å². The Morgan fingerprint density at radius 2 is 1.83 bits per heavy atom. The van der Waals surface area contributed by atoms with Crippen LogP contribution in [0.25, 0.3) is 0 Å². The van der Waals surface area contributed by atoms with Gasteiger partial charge < -0.3 is 9.64 Å². The maximum atomic E-state index is 12.9. The predicted octanol–water partition coefficient (Wildman–Crippen LogP) is 2.30. The first-order chi connectivity index (χ1) is 14.2. The van der Waals surface area contributed by atoms with Gasteiger partial charge in [0.05, 0.1) is 11.8 Å². The Morgan fingerprint density at radius 3 is 2.50 bits per heavy atom. The quantitative estimate of drug-likeness (QED) is 0.681. The average molecular weight is 431 g/mol. The lowest BCUT2D eigenvalue weighted by atomic mass is 10.1. The fourth-order valence-corrected chi connectivity index (χ4v) is 4.04. The molecule has 1 aliphatic heterocycles. The summed E-state index contributed by atoms with van der Waals surface area (Å²) in [5.74, 6) is -0.818. The zero-order chi connectivity index (χ0) is 21.9. The van der Waals surface area contributed by atoms with Crippen LogP contribution in [-0.4, -0.2) is 45.2 Å². The highest BCUT2D eigenvalue weighted by atomic mass is 32.2. The summed E-state index contributed by atoms with van der Waals surface area (Å²) in [6, 6.07) is 14.5. The van der Waals surface area contributed by atoms with Crippen LogP contribution in [0, 0.1) is 0 Å². The van der Waals surface area contributed by atoms with Crippen LogP contribution in [0.3, 0.4) is 0 Å². The summed E-state index contributed by atoms with van der Waals surface area (Å²) in [4.78, 5) is 27.1. The van der Waals surface area contributed by atoms with Crippen LogP contribution in [0.2, 0.25) is 0 Å².